The van der Waals surface area contributed by atoms with Crippen LogP contribution in [0.15, 0.2) is 53.3 Å². The highest BCUT2D eigenvalue weighted by molar-refractivity contribution is 5.26. The van der Waals surface area contributed by atoms with Gasteiger partial charge in [0.2, 0.25) is 6.23 Å². The average Bonchev–Trinajstić information content (AvgIpc) is 2.78. The minimum absolute atomic E-state index is 0.0263. The van der Waals surface area contributed by atoms with Gasteiger partial charge in [0.25, 0.3) is 0 Å². The number of hydrogen-bond acceptors (Lipinski definition) is 7. The van der Waals surface area contributed by atoms with Crippen LogP contribution in [0.3, 0.4) is 0 Å². The largest absolute Gasteiger partial charge is 0.374 e. The zero-order chi connectivity index (χ0) is 21.6. The first-order valence-electron chi connectivity index (χ1n) is 10.7. The number of aliphatic hydroxyl groups is 2. The molecule has 0 spiro atoms. The topological polar surface area (TPSA) is 112 Å². The molecule has 0 bridgehead atoms. The summed E-state index contributed by atoms with van der Waals surface area (Å²) < 4.78 is 11.6. The summed E-state index contributed by atoms with van der Waals surface area (Å²) in [7, 11) is 0. The summed E-state index contributed by atoms with van der Waals surface area (Å²) in [6, 6.07) is 2.16. The van der Waals surface area contributed by atoms with Crippen molar-refractivity contribution in [3.8, 4) is 6.07 Å². The number of ether oxygens (including phenoxy) is 2. The van der Waals surface area contributed by atoms with Crippen LogP contribution in [0.25, 0.3) is 0 Å². The standard InChI is InChI=1S/C23H32N2O5/c24-16-4-2-1-3-5-17-29-20-13-9-19(10-14-20)23(27)30-21-11-6-18(7-12-21)8-15-22(26)25-28/h6,8-11,13,15,18,20-23,26-27H,1-5,7,12,14,17H2/b15-8+/t18-,20-,21+,22+,23-/m0/s1. The molecule has 2 aliphatic rings. The lowest BCUT2D eigenvalue weighted by Gasteiger charge is -2.26. The van der Waals surface area contributed by atoms with Crippen LogP contribution in [0.1, 0.15) is 51.4 Å². The average molecular weight is 417 g/mol. The number of nitroso groups, excluding NO2 is 1. The Morgan fingerprint density at radius 1 is 1.17 bits per heavy atom. The molecule has 0 heterocycles. The molecule has 0 saturated carbocycles. The van der Waals surface area contributed by atoms with Crippen LogP contribution >= 0.6 is 0 Å². The minimum Gasteiger partial charge on any atom is -0.374 e. The lowest BCUT2D eigenvalue weighted by molar-refractivity contribution is -0.0989. The van der Waals surface area contributed by atoms with E-state index in [0.717, 1.165) is 44.1 Å². The Labute approximate surface area is 178 Å². The molecule has 0 amide bonds. The Kier molecular flexibility index (Phi) is 11.3. The molecule has 0 fully saturated rings. The highest BCUT2D eigenvalue weighted by Gasteiger charge is 2.21. The van der Waals surface area contributed by atoms with Crippen molar-refractivity contribution in [2.45, 2.75) is 76.1 Å². The van der Waals surface area contributed by atoms with Gasteiger partial charge in [-0.15, -0.1) is 4.91 Å². The van der Waals surface area contributed by atoms with E-state index in [1.54, 1.807) is 6.08 Å². The van der Waals surface area contributed by atoms with Crippen molar-refractivity contribution in [1.29, 1.82) is 5.26 Å². The Balaban J connectivity index is 1.64. The summed E-state index contributed by atoms with van der Waals surface area (Å²) >= 11 is 0. The smallest absolute Gasteiger partial charge is 0.206 e. The quantitative estimate of drug-likeness (QED) is 0.203. The van der Waals surface area contributed by atoms with E-state index in [1.165, 1.54) is 6.08 Å². The van der Waals surface area contributed by atoms with Crippen LogP contribution in [-0.4, -0.2) is 41.5 Å². The van der Waals surface area contributed by atoms with Gasteiger partial charge in [0.15, 0.2) is 6.29 Å². The number of aliphatic hydroxyl groups excluding tert-OH is 2. The van der Waals surface area contributed by atoms with Gasteiger partial charge in [0.1, 0.15) is 0 Å². The highest BCUT2D eigenvalue weighted by Crippen LogP contribution is 2.24. The first-order chi connectivity index (χ1) is 14.6. The molecule has 7 nitrogen and oxygen atoms in total. The summed E-state index contributed by atoms with van der Waals surface area (Å²) in [5.74, 6) is 0.122. The molecule has 30 heavy (non-hydrogen) atoms. The van der Waals surface area contributed by atoms with Crippen LogP contribution < -0.4 is 0 Å². The second kappa shape index (κ2) is 14.0. The lowest BCUT2D eigenvalue weighted by atomic mass is 9.93. The van der Waals surface area contributed by atoms with E-state index in [9.17, 15) is 10.0 Å². The predicted octanol–water partition coefficient (Wildman–Crippen LogP) is 4.04. The van der Waals surface area contributed by atoms with E-state index < -0.39 is 12.5 Å². The zero-order valence-corrected chi connectivity index (χ0v) is 17.3. The zero-order valence-electron chi connectivity index (χ0n) is 17.3. The molecule has 5 atom stereocenters. The first-order valence-corrected chi connectivity index (χ1v) is 10.7. The van der Waals surface area contributed by atoms with Crippen LogP contribution in [-0.2, 0) is 9.47 Å². The van der Waals surface area contributed by atoms with Crippen molar-refractivity contribution in [2.24, 2.45) is 11.1 Å². The monoisotopic (exact) mass is 416 g/mol. The van der Waals surface area contributed by atoms with E-state index >= 15 is 0 Å². The van der Waals surface area contributed by atoms with E-state index in [1.807, 2.05) is 30.4 Å². The summed E-state index contributed by atoms with van der Waals surface area (Å²) in [6.45, 7) is 0.701. The lowest BCUT2D eigenvalue weighted by Crippen LogP contribution is -2.25. The van der Waals surface area contributed by atoms with Gasteiger partial charge in [-0.3, -0.25) is 0 Å². The minimum atomic E-state index is -1.30. The Hall–Kier alpha value is -2.11. The summed E-state index contributed by atoms with van der Waals surface area (Å²) in [4.78, 5) is 10.2. The van der Waals surface area contributed by atoms with Crippen molar-refractivity contribution in [3.63, 3.8) is 0 Å². The first kappa shape index (κ1) is 24.2. The number of nitrogens with zero attached hydrogens (tertiary/aromatic N) is 2. The Morgan fingerprint density at radius 3 is 2.67 bits per heavy atom. The van der Waals surface area contributed by atoms with Crippen LogP contribution in [0.2, 0.25) is 0 Å². The fourth-order valence-electron chi connectivity index (χ4n) is 3.43. The number of allylic oxidation sites excluding steroid dienone is 2. The fourth-order valence-corrected chi connectivity index (χ4v) is 3.43. The van der Waals surface area contributed by atoms with Gasteiger partial charge in [0, 0.05) is 18.6 Å². The number of nitriles is 1. The molecule has 0 saturated heterocycles. The van der Waals surface area contributed by atoms with Gasteiger partial charge >= 0.3 is 0 Å². The molecule has 7 heteroatoms. The van der Waals surface area contributed by atoms with Crippen molar-refractivity contribution in [2.75, 3.05) is 6.61 Å². The second-order valence-electron chi connectivity index (χ2n) is 7.59. The van der Waals surface area contributed by atoms with Crippen LogP contribution in [0.4, 0.5) is 0 Å². The van der Waals surface area contributed by atoms with Gasteiger partial charge in [-0.2, -0.15) is 5.26 Å². The van der Waals surface area contributed by atoms with E-state index in [2.05, 4.69) is 11.2 Å². The maximum Gasteiger partial charge on any atom is 0.206 e. The molecule has 0 aromatic heterocycles. The normalized spacial score (nSPS) is 25.6. The molecule has 0 aliphatic heterocycles. The molecule has 0 aromatic rings. The molecular weight excluding hydrogens is 384 g/mol. The maximum absolute atomic E-state index is 10.4. The third-order valence-corrected chi connectivity index (χ3v) is 5.19. The second-order valence-corrected chi connectivity index (χ2v) is 7.59. The van der Waals surface area contributed by atoms with Crippen molar-refractivity contribution < 1.29 is 19.7 Å². The number of unbranched alkanes of at least 4 members (excludes halogenated alkanes) is 4. The molecular formula is C23H32N2O5. The van der Waals surface area contributed by atoms with Gasteiger partial charge in [-0.1, -0.05) is 49.3 Å². The maximum atomic E-state index is 10.4. The Morgan fingerprint density at radius 2 is 2.00 bits per heavy atom. The number of hydrogen-bond donors (Lipinski definition) is 2. The SMILES string of the molecule is N#CCCCCCCO[C@H]1C=CC([C@@H](O)O[C@@H]2C=C[C@H](/C=C/[C@@H](O)N=O)CC2)=CC1. The van der Waals surface area contributed by atoms with E-state index in [4.69, 9.17) is 19.8 Å². The summed E-state index contributed by atoms with van der Waals surface area (Å²) in [5.41, 5.74) is 0.738. The molecule has 2 aliphatic carbocycles. The highest BCUT2D eigenvalue weighted by atomic mass is 16.6. The van der Waals surface area contributed by atoms with Crippen molar-refractivity contribution in [3.05, 3.63) is 53.0 Å². The summed E-state index contributed by atoms with van der Waals surface area (Å²) in [6.07, 6.45) is 17.3. The fraction of sp³-hybridized carbons (Fsp3) is 0.609. The number of rotatable bonds is 13. The van der Waals surface area contributed by atoms with Crippen LogP contribution in [0.5, 0.6) is 0 Å². The summed E-state index contributed by atoms with van der Waals surface area (Å²) in [5, 5.41) is 30.5. The van der Waals surface area contributed by atoms with Gasteiger partial charge < -0.3 is 19.7 Å². The van der Waals surface area contributed by atoms with Gasteiger partial charge in [-0.25, -0.2) is 0 Å². The third-order valence-electron chi connectivity index (χ3n) is 5.19. The van der Waals surface area contributed by atoms with Crippen molar-refractivity contribution >= 4 is 0 Å². The molecule has 0 radical (unpaired) electrons. The molecule has 2 rings (SSSR count). The Bertz CT molecular complexity index is 680. The van der Waals surface area contributed by atoms with Gasteiger partial charge in [0.05, 0.1) is 18.3 Å². The van der Waals surface area contributed by atoms with E-state index in [0.29, 0.717) is 19.4 Å². The van der Waals surface area contributed by atoms with Crippen LogP contribution in [0, 0.1) is 22.2 Å². The molecule has 0 unspecified atom stereocenters. The van der Waals surface area contributed by atoms with Crippen molar-refractivity contribution in [1.82, 2.24) is 0 Å². The molecule has 0 aromatic carbocycles. The molecule has 164 valence electrons. The van der Waals surface area contributed by atoms with E-state index in [-0.39, 0.29) is 18.1 Å². The molecule has 2 N–H and O–H groups in total. The third kappa shape index (κ3) is 9.14. The predicted molar refractivity (Wildman–Crippen MR) is 114 cm³/mol. The van der Waals surface area contributed by atoms with Gasteiger partial charge in [-0.05, 0) is 49.3 Å².